The third kappa shape index (κ3) is 23.0. The van der Waals surface area contributed by atoms with Crippen LogP contribution >= 0.6 is 0 Å². The van der Waals surface area contributed by atoms with E-state index < -0.39 is 43.1 Å². The van der Waals surface area contributed by atoms with Gasteiger partial charge in [-0.05, 0) is 12.8 Å². The summed E-state index contributed by atoms with van der Waals surface area (Å²) >= 11 is 0. The molecule has 0 aromatic rings. The van der Waals surface area contributed by atoms with Gasteiger partial charge in [0.25, 0.3) is 0 Å². The first-order valence-electron chi connectivity index (χ1n) is 21.6. The van der Waals surface area contributed by atoms with Gasteiger partial charge in [0, 0.05) is 13.1 Å². The van der Waals surface area contributed by atoms with E-state index in [1.54, 1.807) is 0 Å². The van der Waals surface area contributed by atoms with Crippen LogP contribution in [0.5, 0.6) is 0 Å². The minimum absolute atomic E-state index is 0.306. The average molecular weight is 727 g/mol. The number of nitrogens with two attached hydrogens (primary N) is 1. The van der Waals surface area contributed by atoms with Gasteiger partial charge in [-0.25, -0.2) is 4.79 Å². The highest BCUT2D eigenvalue weighted by Crippen LogP contribution is 2.25. The number of ether oxygens (including phenoxy) is 1. The lowest BCUT2D eigenvalue weighted by molar-refractivity contribution is -0.224. The fourth-order valence-electron chi connectivity index (χ4n) is 7.20. The predicted octanol–water partition coefficient (Wildman–Crippen LogP) is 7.84. The summed E-state index contributed by atoms with van der Waals surface area (Å²) in [5, 5.41) is 37.0. The summed E-state index contributed by atoms with van der Waals surface area (Å²) in [5.74, 6) is -0.527. The number of aliphatic hydroxyl groups is 3. The Morgan fingerprint density at radius 1 is 0.608 bits per heavy atom. The topological polar surface area (TPSA) is 157 Å². The molecular weight excluding hydrogens is 644 g/mol. The lowest BCUT2D eigenvalue weighted by Crippen LogP contribution is -2.69. The van der Waals surface area contributed by atoms with Gasteiger partial charge in [0.2, 0.25) is 5.91 Å². The van der Waals surface area contributed by atoms with Crippen LogP contribution in [0.3, 0.4) is 0 Å². The van der Waals surface area contributed by atoms with Crippen LogP contribution in [-0.2, 0) is 9.53 Å². The highest BCUT2D eigenvalue weighted by atomic mass is 16.5. The van der Waals surface area contributed by atoms with Gasteiger partial charge in [-0.2, -0.15) is 0 Å². The largest absolute Gasteiger partial charge is 0.394 e. The predicted molar refractivity (Wildman–Crippen MR) is 209 cm³/mol. The molecule has 0 spiro atoms. The van der Waals surface area contributed by atoms with Crippen molar-refractivity contribution in [3.8, 4) is 0 Å². The minimum Gasteiger partial charge on any atom is -0.394 e. The molecule has 0 aromatic heterocycles. The van der Waals surface area contributed by atoms with E-state index in [0.717, 1.165) is 44.9 Å². The maximum atomic E-state index is 13.6. The number of amides is 3. The molecule has 3 amide bonds. The Kier molecular flexibility index (Phi) is 30.9. The number of hydrogen-bond acceptors (Lipinski definition) is 7. The molecular formula is C41H82N4O6. The molecule has 1 fully saturated rings. The minimum atomic E-state index is -1.44. The van der Waals surface area contributed by atoms with E-state index in [0.29, 0.717) is 13.1 Å². The van der Waals surface area contributed by atoms with Crippen molar-refractivity contribution in [1.82, 2.24) is 15.5 Å². The standard InChI is InChI=1S/C41H82N4O6/c1-3-5-7-9-11-13-15-17-18-19-20-21-23-25-27-29-31-43-41(50)45(32-30-28-26-24-22-16-14-12-10-8-6-4-2)40-37(44-36(47)33-42)39(49)38(48)35(34-46)51-40/h35,37-40,46,48-49H,3-34,42H2,1-2H3,(H,43,50)(H,44,47)/t35-,37-,38+,39-,40-/m1/s1. The van der Waals surface area contributed by atoms with E-state index in [9.17, 15) is 24.9 Å². The normalized spacial score (nSPS) is 20.4. The molecule has 0 aliphatic carbocycles. The zero-order valence-electron chi connectivity index (χ0n) is 33.1. The van der Waals surface area contributed by atoms with Crippen LogP contribution in [0.4, 0.5) is 4.79 Å². The molecule has 7 N–H and O–H groups in total. The molecule has 0 unspecified atom stereocenters. The van der Waals surface area contributed by atoms with Crippen LogP contribution < -0.4 is 16.4 Å². The molecule has 5 atom stereocenters. The fourth-order valence-corrected chi connectivity index (χ4v) is 7.20. The first kappa shape index (κ1) is 47.6. The van der Waals surface area contributed by atoms with E-state index in [4.69, 9.17) is 10.5 Å². The quantitative estimate of drug-likeness (QED) is 0.0369. The van der Waals surface area contributed by atoms with Crippen molar-refractivity contribution in [3.05, 3.63) is 0 Å². The molecule has 0 aromatic carbocycles. The third-order valence-electron chi connectivity index (χ3n) is 10.5. The number of unbranched alkanes of at least 4 members (excludes halogenated alkanes) is 26. The van der Waals surface area contributed by atoms with Crippen molar-refractivity contribution in [2.24, 2.45) is 5.73 Å². The summed E-state index contributed by atoms with van der Waals surface area (Å²) in [4.78, 5) is 27.4. The van der Waals surface area contributed by atoms with E-state index >= 15 is 0 Å². The van der Waals surface area contributed by atoms with Crippen LogP contribution in [0.1, 0.15) is 194 Å². The van der Waals surface area contributed by atoms with Crippen molar-refractivity contribution >= 4 is 11.9 Å². The first-order valence-corrected chi connectivity index (χ1v) is 21.6. The molecule has 1 aliphatic rings. The van der Waals surface area contributed by atoms with Gasteiger partial charge in [0.15, 0.2) is 6.23 Å². The third-order valence-corrected chi connectivity index (χ3v) is 10.5. The summed E-state index contributed by atoms with van der Waals surface area (Å²) < 4.78 is 6.00. The zero-order valence-corrected chi connectivity index (χ0v) is 33.1. The van der Waals surface area contributed by atoms with E-state index in [1.165, 1.54) is 140 Å². The van der Waals surface area contributed by atoms with Gasteiger partial charge in [0.1, 0.15) is 24.4 Å². The molecule has 0 radical (unpaired) electrons. The Labute approximate surface area is 312 Å². The number of nitrogens with one attached hydrogen (secondary N) is 2. The first-order chi connectivity index (χ1) is 24.9. The SMILES string of the molecule is CCCCCCCCCCCCCCCCCCNC(=O)N(CCCCCCCCCCCCCC)[C@@H]1O[C@H](CO)[C@H](O)[C@H](O)[C@H]1NC(=O)CN. The average Bonchev–Trinajstić information content (AvgIpc) is 3.13. The highest BCUT2D eigenvalue weighted by molar-refractivity contribution is 5.78. The van der Waals surface area contributed by atoms with Gasteiger partial charge >= 0.3 is 6.03 Å². The second-order valence-electron chi connectivity index (χ2n) is 15.1. The molecule has 1 aliphatic heterocycles. The van der Waals surface area contributed by atoms with Crippen LogP contribution in [0.2, 0.25) is 0 Å². The second-order valence-corrected chi connectivity index (χ2v) is 15.1. The van der Waals surface area contributed by atoms with Gasteiger partial charge in [-0.3, -0.25) is 9.69 Å². The van der Waals surface area contributed by atoms with Crippen LogP contribution in [0, 0.1) is 0 Å². The zero-order chi connectivity index (χ0) is 37.4. The second kappa shape index (κ2) is 33.1. The fraction of sp³-hybridized carbons (Fsp3) is 0.951. The van der Waals surface area contributed by atoms with Crippen molar-refractivity contribution in [1.29, 1.82) is 0 Å². The molecule has 1 rings (SSSR count). The van der Waals surface area contributed by atoms with E-state index in [1.807, 2.05) is 0 Å². The lowest BCUT2D eigenvalue weighted by atomic mass is 9.95. The van der Waals surface area contributed by atoms with Crippen LogP contribution in [0.15, 0.2) is 0 Å². The number of carbonyl (C=O) groups is 2. The monoisotopic (exact) mass is 727 g/mol. The molecule has 1 heterocycles. The summed E-state index contributed by atoms with van der Waals surface area (Å²) in [6, 6.07) is -1.42. The van der Waals surface area contributed by atoms with Gasteiger partial charge < -0.3 is 36.4 Å². The number of nitrogens with zero attached hydrogens (tertiary/aromatic N) is 1. The molecule has 302 valence electrons. The summed E-state index contributed by atoms with van der Waals surface area (Å²) in [5.41, 5.74) is 5.54. The maximum absolute atomic E-state index is 13.6. The van der Waals surface area contributed by atoms with Gasteiger partial charge in [0.05, 0.1) is 13.2 Å². The van der Waals surface area contributed by atoms with Crippen molar-refractivity contribution in [3.63, 3.8) is 0 Å². The summed E-state index contributed by atoms with van der Waals surface area (Å²) in [6.45, 7) is 4.56. The Balaban J connectivity index is 2.49. The molecule has 0 bridgehead atoms. The van der Waals surface area contributed by atoms with E-state index in [-0.39, 0.29) is 12.6 Å². The molecule has 10 heteroatoms. The summed E-state index contributed by atoms with van der Waals surface area (Å²) in [6.07, 6.45) is 29.9. The molecule has 0 saturated carbocycles. The molecule has 10 nitrogen and oxygen atoms in total. The lowest BCUT2D eigenvalue weighted by Gasteiger charge is -2.46. The van der Waals surface area contributed by atoms with Gasteiger partial charge in [-0.1, -0.05) is 181 Å². The van der Waals surface area contributed by atoms with Crippen LogP contribution in [-0.4, -0.2) is 89.0 Å². The van der Waals surface area contributed by atoms with Crippen molar-refractivity contribution < 1.29 is 29.6 Å². The Bertz CT molecular complexity index is 821. The summed E-state index contributed by atoms with van der Waals surface area (Å²) in [7, 11) is 0. The Morgan fingerprint density at radius 3 is 1.39 bits per heavy atom. The number of hydrogen-bond donors (Lipinski definition) is 6. The highest BCUT2D eigenvalue weighted by Gasteiger charge is 2.48. The Hall–Kier alpha value is -1.46. The maximum Gasteiger partial charge on any atom is 0.319 e. The van der Waals surface area contributed by atoms with E-state index in [2.05, 4.69) is 24.5 Å². The van der Waals surface area contributed by atoms with Crippen molar-refractivity contribution in [2.75, 3.05) is 26.2 Å². The number of urea groups is 1. The van der Waals surface area contributed by atoms with Crippen molar-refractivity contribution in [2.45, 2.75) is 224 Å². The number of rotatable bonds is 34. The number of aliphatic hydroxyl groups excluding tert-OH is 3. The smallest absolute Gasteiger partial charge is 0.319 e. The molecule has 1 saturated heterocycles. The molecule has 51 heavy (non-hydrogen) atoms. The van der Waals surface area contributed by atoms with Crippen LogP contribution in [0.25, 0.3) is 0 Å². The Morgan fingerprint density at radius 2 is 1.00 bits per heavy atom. The number of carbonyl (C=O) groups excluding carboxylic acids is 2. The van der Waals surface area contributed by atoms with Gasteiger partial charge in [-0.15, -0.1) is 0 Å².